The number of hydrogen-bond donors (Lipinski definition) is 1. The first-order valence-corrected chi connectivity index (χ1v) is 5.16. The number of rotatable bonds is 2. The third kappa shape index (κ3) is 2.36. The molecule has 5 heteroatoms. The lowest BCUT2D eigenvalue weighted by atomic mass is 10.3. The minimum atomic E-state index is 0.677. The predicted octanol–water partition coefficient (Wildman–Crippen LogP) is 0.663. The summed E-state index contributed by atoms with van der Waals surface area (Å²) in [5.41, 5.74) is 0.982. The molecule has 82 valence electrons. The average Bonchev–Trinajstić information content (AvgIpc) is 2.29. The standard InChI is InChI=1S/C10H16N4O/c1-8-7-9(13-10(11-2)12-8)14-3-5-15-6-4-14/h7H,3-6H2,1-2H3,(H,11,12,13). The van der Waals surface area contributed by atoms with E-state index in [1.165, 1.54) is 0 Å². The van der Waals surface area contributed by atoms with E-state index in [1.807, 2.05) is 20.0 Å². The van der Waals surface area contributed by atoms with Crippen LogP contribution in [0.3, 0.4) is 0 Å². The van der Waals surface area contributed by atoms with E-state index in [2.05, 4.69) is 20.2 Å². The zero-order valence-electron chi connectivity index (χ0n) is 9.16. The summed E-state index contributed by atoms with van der Waals surface area (Å²) >= 11 is 0. The summed E-state index contributed by atoms with van der Waals surface area (Å²) in [6, 6.07) is 2.01. The summed E-state index contributed by atoms with van der Waals surface area (Å²) in [7, 11) is 1.83. The highest BCUT2D eigenvalue weighted by Crippen LogP contribution is 2.15. The fourth-order valence-electron chi connectivity index (χ4n) is 1.62. The monoisotopic (exact) mass is 208 g/mol. The van der Waals surface area contributed by atoms with Crippen molar-refractivity contribution in [2.45, 2.75) is 6.92 Å². The van der Waals surface area contributed by atoms with Crippen molar-refractivity contribution in [3.63, 3.8) is 0 Å². The number of nitrogens with zero attached hydrogens (tertiary/aromatic N) is 3. The predicted molar refractivity (Wildman–Crippen MR) is 59.3 cm³/mol. The molecular formula is C10H16N4O. The molecule has 0 atom stereocenters. The Hall–Kier alpha value is -1.36. The van der Waals surface area contributed by atoms with Crippen LogP contribution in [-0.2, 0) is 4.74 Å². The Balaban J connectivity index is 2.22. The molecule has 2 rings (SSSR count). The largest absolute Gasteiger partial charge is 0.378 e. The molecule has 0 aromatic carbocycles. The van der Waals surface area contributed by atoms with Gasteiger partial charge in [-0.3, -0.25) is 0 Å². The zero-order valence-corrected chi connectivity index (χ0v) is 9.16. The molecule has 0 bridgehead atoms. The number of anilines is 2. The summed E-state index contributed by atoms with van der Waals surface area (Å²) in [6.07, 6.45) is 0. The van der Waals surface area contributed by atoms with Crippen LogP contribution in [0.2, 0.25) is 0 Å². The van der Waals surface area contributed by atoms with Crippen LogP contribution in [0.1, 0.15) is 5.69 Å². The van der Waals surface area contributed by atoms with E-state index in [0.29, 0.717) is 5.95 Å². The van der Waals surface area contributed by atoms with Crippen molar-refractivity contribution in [2.24, 2.45) is 0 Å². The Morgan fingerprint density at radius 1 is 1.33 bits per heavy atom. The molecule has 1 fully saturated rings. The van der Waals surface area contributed by atoms with Crippen LogP contribution in [0.4, 0.5) is 11.8 Å². The third-order valence-corrected chi connectivity index (χ3v) is 2.40. The van der Waals surface area contributed by atoms with Gasteiger partial charge in [0.15, 0.2) is 0 Å². The number of morpholine rings is 1. The molecule has 1 aromatic heterocycles. The van der Waals surface area contributed by atoms with Gasteiger partial charge in [0.2, 0.25) is 5.95 Å². The second-order valence-corrected chi connectivity index (χ2v) is 3.54. The SMILES string of the molecule is CNc1nc(C)cc(N2CCOCC2)n1. The van der Waals surface area contributed by atoms with Gasteiger partial charge in [-0.25, -0.2) is 4.98 Å². The van der Waals surface area contributed by atoms with Gasteiger partial charge >= 0.3 is 0 Å². The molecule has 0 spiro atoms. The smallest absolute Gasteiger partial charge is 0.224 e. The molecule has 15 heavy (non-hydrogen) atoms. The van der Waals surface area contributed by atoms with E-state index >= 15 is 0 Å². The second kappa shape index (κ2) is 4.44. The molecule has 0 aliphatic carbocycles. The normalized spacial score (nSPS) is 16.5. The van der Waals surface area contributed by atoms with E-state index in [1.54, 1.807) is 0 Å². The van der Waals surface area contributed by atoms with Crippen LogP contribution in [0.15, 0.2) is 6.07 Å². The third-order valence-electron chi connectivity index (χ3n) is 2.40. The van der Waals surface area contributed by atoms with Crippen molar-refractivity contribution in [3.8, 4) is 0 Å². The van der Waals surface area contributed by atoms with Crippen LogP contribution in [0.25, 0.3) is 0 Å². The van der Waals surface area contributed by atoms with Crippen LogP contribution >= 0.6 is 0 Å². The topological polar surface area (TPSA) is 50.3 Å². The molecular weight excluding hydrogens is 192 g/mol. The molecule has 0 amide bonds. The fourth-order valence-corrected chi connectivity index (χ4v) is 1.62. The Labute approximate surface area is 89.5 Å². The maximum atomic E-state index is 5.31. The second-order valence-electron chi connectivity index (χ2n) is 3.54. The molecule has 2 heterocycles. The van der Waals surface area contributed by atoms with Crippen molar-refractivity contribution in [3.05, 3.63) is 11.8 Å². The van der Waals surface area contributed by atoms with Crippen molar-refractivity contribution in [1.29, 1.82) is 0 Å². The molecule has 1 aliphatic rings. The number of ether oxygens (including phenoxy) is 1. The molecule has 1 saturated heterocycles. The molecule has 1 N–H and O–H groups in total. The Kier molecular flexibility index (Phi) is 3.01. The minimum absolute atomic E-state index is 0.677. The number of nitrogens with one attached hydrogen (secondary N) is 1. The van der Waals surface area contributed by atoms with Gasteiger partial charge < -0.3 is 15.0 Å². The van der Waals surface area contributed by atoms with E-state index in [9.17, 15) is 0 Å². The van der Waals surface area contributed by atoms with Crippen LogP contribution in [-0.4, -0.2) is 43.3 Å². The van der Waals surface area contributed by atoms with Crippen molar-refractivity contribution >= 4 is 11.8 Å². The van der Waals surface area contributed by atoms with Crippen LogP contribution in [0, 0.1) is 6.92 Å². The first kappa shape index (κ1) is 10.2. The van der Waals surface area contributed by atoms with E-state index in [4.69, 9.17) is 4.74 Å². The Morgan fingerprint density at radius 3 is 2.73 bits per heavy atom. The van der Waals surface area contributed by atoms with Gasteiger partial charge in [-0.15, -0.1) is 0 Å². The summed E-state index contributed by atoms with van der Waals surface area (Å²) < 4.78 is 5.31. The highest BCUT2D eigenvalue weighted by Gasteiger charge is 2.13. The van der Waals surface area contributed by atoms with Crippen molar-refractivity contribution in [1.82, 2.24) is 9.97 Å². The summed E-state index contributed by atoms with van der Waals surface area (Å²) in [5.74, 6) is 1.66. The van der Waals surface area contributed by atoms with Crippen LogP contribution < -0.4 is 10.2 Å². The first-order chi connectivity index (χ1) is 7.29. The van der Waals surface area contributed by atoms with Gasteiger partial charge in [0.25, 0.3) is 0 Å². The molecule has 1 aromatic rings. The van der Waals surface area contributed by atoms with Gasteiger partial charge in [0.1, 0.15) is 5.82 Å². The number of aromatic nitrogens is 2. The Bertz CT molecular complexity index is 336. The molecule has 0 radical (unpaired) electrons. The zero-order chi connectivity index (χ0) is 10.7. The van der Waals surface area contributed by atoms with Crippen LogP contribution in [0.5, 0.6) is 0 Å². The van der Waals surface area contributed by atoms with Gasteiger partial charge in [-0.2, -0.15) is 4.98 Å². The van der Waals surface area contributed by atoms with Crippen molar-refractivity contribution < 1.29 is 4.74 Å². The average molecular weight is 208 g/mol. The Morgan fingerprint density at radius 2 is 2.07 bits per heavy atom. The van der Waals surface area contributed by atoms with E-state index in [0.717, 1.165) is 37.8 Å². The van der Waals surface area contributed by atoms with Gasteiger partial charge in [0.05, 0.1) is 13.2 Å². The molecule has 5 nitrogen and oxygen atoms in total. The summed E-state index contributed by atoms with van der Waals surface area (Å²) in [4.78, 5) is 10.9. The van der Waals surface area contributed by atoms with E-state index in [-0.39, 0.29) is 0 Å². The van der Waals surface area contributed by atoms with E-state index < -0.39 is 0 Å². The highest BCUT2D eigenvalue weighted by molar-refractivity contribution is 5.44. The highest BCUT2D eigenvalue weighted by atomic mass is 16.5. The maximum Gasteiger partial charge on any atom is 0.224 e. The fraction of sp³-hybridized carbons (Fsp3) is 0.600. The molecule has 0 saturated carbocycles. The summed E-state index contributed by atoms with van der Waals surface area (Å²) in [6.45, 7) is 5.33. The lowest BCUT2D eigenvalue weighted by Gasteiger charge is -2.28. The number of aryl methyl sites for hydroxylation is 1. The quantitative estimate of drug-likeness (QED) is 0.774. The summed E-state index contributed by atoms with van der Waals surface area (Å²) in [5, 5.41) is 2.97. The molecule has 1 aliphatic heterocycles. The van der Waals surface area contributed by atoms with Gasteiger partial charge in [-0.1, -0.05) is 0 Å². The lowest BCUT2D eigenvalue weighted by Crippen LogP contribution is -2.36. The van der Waals surface area contributed by atoms with Crippen molar-refractivity contribution in [2.75, 3.05) is 43.6 Å². The number of hydrogen-bond acceptors (Lipinski definition) is 5. The first-order valence-electron chi connectivity index (χ1n) is 5.16. The minimum Gasteiger partial charge on any atom is -0.378 e. The maximum absolute atomic E-state index is 5.31. The lowest BCUT2D eigenvalue weighted by molar-refractivity contribution is 0.122. The van der Waals surface area contributed by atoms with Gasteiger partial charge in [0, 0.05) is 31.9 Å². The van der Waals surface area contributed by atoms with Gasteiger partial charge in [-0.05, 0) is 6.92 Å². The molecule has 0 unspecified atom stereocenters.